The van der Waals surface area contributed by atoms with Crippen LogP contribution in [0.25, 0.3) is 0 Å². The summed E-state index contributed by atoms with van der Waals surface area (Å²) in [5.41, 5.74) is 0.171. The molecule has 3 N–H and O–H groups in total. The third-order valence-electron chi connectivity index (χ3n) is 3.33. The van der Waals surface area contributed by atoms with Crippen LogP contribution >= 0.6 is 0 Å². The molecule has 0 bridgehead atoms. The first kappa shape index (κ1) is 23.5. The molecule has 0 unspecified atom stereocenters. The number of carbonyl (C=O) groups is 1. The van der Waals surface area contributed by atoms with E-state index in [-0.39, 0.29) is 30.3 Å². The molecule has 0 radical (unpaired) electrons. The quantitative estimate of drug-likeness (QED) is 0.438. The minimum Gasteiger partial charge on any atom is -0.493 e. The predicted molar refractivity (Wildman–Crippen MR) is 105 cm³/mol. The van der Waals surface area contributed by atoms with Crippen LogP contribution in [0.1, 0.15) is 39.7 Å². The summed E-state index contributed by atoms with van der Waals surface area (Å²) in [6, 6.07) is 4.78. The number of amides is 1. The van der Waals surface area contributed by atoms with Gasteiger partial charge >= 0.3 is 6.61 Å². The molecule has 0 spiro atoms. The number of nitrogens with zero attached hydrogens (tertiary/aromatic N) is 1. The van der Waals surface area contributed by atoms with Crippen molar-refractivity contribution in [3.63, 3.8) is 0 Å². The third kappa shape index (κ3) is 9.38. The SMILES string of the molecule is CCCOc1ccc(CNC(=NC)NCC(=O)NC(C)(C)C)c(OC(F)F)c1. The Bertz CT molecular complexity index is 661. The Kier molecular flexibility index (Phi) is 9.47. The second-order valence-corrected chi connectivity index (χ2v) is 7.07. The Hall–Kier alpha value is -2.58. The van der Waals surface area contributed by atoms with Crippen LogP contribution in [0.2, 0.25) is 0 Å². The summed E-state index contributed by atoms with van der Waals surface area (Å²) in [5.74, 6) is 0.660. The smallest absolute Gasteiger partial charge is 0.387 e. The lowest BCUT2D eigenvalue weighted by Crippen LogP contribution is -2.48. The molecule has 1 aromatic rings. The van der Waals surface area contributed by atoms with E-state index in [0.29, 0.717) is 23.9 Å². The van der Waals surface area contributed by atoms with E-state index in [1.54, 1.807) is 19.2 Å². The fourth-order valence-corrected chi connectivity index (χ4v) is 2.22. The monoisotopic (exact) mass is 400 g/mol. The van der Waals surface area contributed by atoms with E-state index in [0.717, 1.165) is 6.42 Å². The van der Waals surface area contributed by atoms with Crippen molar-refractivity contribution < 1.29 is 23.0 Å². The summed E-state index contributed by atoms with van der Waals surface area (Å²) in [5, 5.41) is 8.67. The van der Waals surface area contributed by atoms with Crippen LogP contribution in [0.3, 0.4) is 0 Å². The molecule has 1 amide bonds. The van der Waals surface area contributed by atoms with Crippen LogP contribution in [-0.4, -0.2) is 44.2 Å². The lowest BCUT2D eigenvalue weighted by molar-refractivity contribution is -0.121. The summed E-state index contributed by atoms with van der Waals surface area (Å²) in [6.45, 7) is 5.36. The molecule has 0 aliphatic carbocycles. The molecule has 0 fully saturated rings. The van der Waals surface area contributed by atoms with Gasteiger partial charge in [-0.05, 0) is 39.3 Å². The molecule has 28 heavy (non-hydrogen) atoms. The van der Waals surface area contributed by atoms with Crippen LogP contribution in [0.5, 0.6) is 11.5 Å². The molecule has 0 atom stereocenters. The topological polar surface area (TPSA) is 84.0 Å². The number of carbonyl (C=O) groups excluding carboxylic acids is 1. The molecule has 0 heterocycles. The molecule has 9 heteroatoms. The Labute approximate surface area is 164 Å². The van der Waals surface area contributed by atoms with E-state index in [1.165, 1.54) is 6.07 Å². The van der Waals surface area contributed by atoms with E-state index in [9.17, 15) is 13.6 Å². The maximum absolute atomic E-state index is 12.7. The standard InChI is InChI=1S/C19H30F2N4O3/c1-6-9-27-14-8-7-13(15(10-14)28-17(20)21)11-23-18(22-5)24-12-16(26)25-19(2,3)4/h7-8,10,17H,6,9,11-12H2,1-5H3,(H,25,26)(H2,22,23,24). The third-order valence-corrected chi connectivity index (χ3v) is 3.33. The summed E-state index contributed by atoms with van der Waals surface area (Å²) in [4.78, 5) is 15.9. The molecular weight excluding hydrogens is 370 g/mol. The molecule has 1 aromatic carbocycles. The number of alkyl halides is 2. The number of rotatable bonds is 9. The zero-order valence-corrected chi connectivity index (χ0v) is 17.1. The fraction of sp³-hybridized carbons (Fsp3) is 0.579. The number of hydrogen-bond donors (Lipinski definition) is 3. The van der Waals surface area contributed by atoms with Gasteiger partial charge < -0.3 is 25.4 Å². The molecular formula is C19H30F2N4O3. The summed E-state index contributed by atoms with van der Waals surface area (Å²) in [6.07, 6.45) is 0.805. The first-order valence-corrected chi connectivity index (χ1v) is 9.10. The second-order valence-electron chi connectivity index (χ2n) is 7.07. The van der Waals surface area contributed by atoms with E-state index < -0.39 is 6.61 Å². The highest BCUT2D eigenvalue weighted by atomic mass is 19.3. The molecule has 0 saturated heterocycles. The largest absolute Gasteiger partial charge is 0.493 e. The minimum atomic E-state index is -2.95. The van der Waals surface area contributed by atoms with E-state index in [2.05, 4.69) is 25.7 Å². The van der Waals surface area contributed by atoms with Crippen LogP contribution in [0.15, 0.2) is 23.2 Å². The van der Waals surface area contributed by atoms with Crippen molar-refractivity contribution in [1.29, 1.82) is 0 Å². The van der Waals surface area contributed by atoms with E-state index >= 15 is 0 Å². The van der Waals surface area contributed by atoms with Crippen molar-refractivity contribution in [2.45, 2.75) is 52.8 Å². The predicted octanol–water partition coefficient (Wildman–Crippen LogP) is 2.66. The van der Waals surface area contributed by atoms with E-state index in [1.807, 2.05) is 27.7 Å². The number of halogens is 2. The molecule has 0 aliphatic rings. The molecule has 1 rings (SSSR count). The summed E-state index contributed by atoms with van der Waals surface area (Å²) >= 11 is 0. The maximum Gasteiger partial charge on any atom is 0.387 e. The van der Waals surface area contributed by atoms with Crippen molar-refractivity contribution in [2.24, 2.45) is 4.99 Å². The number of aliphatic imine (C=N–C) groups is 1. The van der Waals surface area contributed by atoms with Crippen molar-refractivity contribution >= 4 is 11.9 Å². The van der Waals surface area contributed by atoms with Gasteiger partial charge in [-0.1, -0.05) is 6.92 Å². The van der Waals surface area contributed by atoms with Gasteiger partial charge in [0.05, 0.1) is 13.2 Å². The van der Waals surface area contributed by atoms with Gasteiger partial charge in [-0.2, -0.15) is 8.78 Å². The first-order chi connectivity index (χ1) is 13.1. The van der Waals surface area contributed by atoms with Gasteiger partial charge in [-0.15, -0.1) is 0 Å². The minimum absolute atomic E-state index is 0.0250. The number of benzene rings is 1. The lowest BCUT2D eigenvalue weighted by atomic mass is 10.1. The van der Waals surface area contributed by atoms with Gasteiger partial charge in [0.25, 0.3) is 0 Å². The molecule has 0 aliphatic heterocycles. The normalized spacial score (nSPS) is 11.9. The lowest BCUT2D eigenvalue weighted by Gasteiger charge is -2.21. The van der Waals surface area contributed by atoms with Gasteiger partial charge in [0, 0.05) is 30.8 Å². The molecule has 7 nitrogen and oxygen atoms in total. The Morgan fingerprint density at radius 3 is 2.54 bits per heavy atom. The molecule has 0 saturated carbocycles. The second kappa shape index (κ2) is 11.3. The van der Waals surface area contributed by atoms with Crippen molar-refractivity contribution in [3.8, 4) is 11.5 Å². The zero-order valence-electron chi connectivity index (χ0n) is 17.1. The van der Waals surface area contributed by atoms with Crippen LogP contribution in [0.4, 0.5) is 8.78 Å². The van der Waals surface area contributed by atoms with Crippen molar-refractivity contribution in [3.05, 3.63) is 23.8 Å². The van der Waals surface area contributed by atoms with Gasteiger partial charge in [0.15, 0.2) is 5.96 Å². The number of guanidine groups is 1. The van der Waals surface area contributed by atoms with Crippen molar-refractivity contribution in [1.82, 2.24) is 16.0 Å². The highest BCUT2D eigenvalue weighted by molar-refractivity contribution is 5.86. The highest BCUT2D eigenvalue weighted by Crippen LogP contribution is 2.26. The van der Waals surface area contributed by atoms with Crippen molar-refractivity contribution in [2.75, 3.05) is 20.2 Å². The number of ether oxygens (including phenoxy) is 2. The van der Waals surface area contributed by atoms with Crippen LogP contribution in [-0.2, 0) is 11.3 Å². The summed E-state index contributed by atoms with van der Waals surface area (Å²) in [7, 11) is 1.55. The Morgan fingerprint density at radius 1 is 1.25 bits per heavy atom. The first-order valence-electron chi connectivity index (χ1n) is 9.10. The fourth-order valence-electron chi connectivity index (χ4n) is 2.22. The Morgan fingerprint density at radius 2 is 1.96 bits per heavy atom. The average molecular weight is 400 g/mol. The zero-order chi connectivity index (χ0) is 21.2. The average Bonchev–Trinajstić information content (AvgIpc) is 2.59. The van der Waals surface area contributed by atoms with Gasteiger partial charge in [-0.25, -0.2) is 0 Å². The van der Waals surface area contributed by atoms with E-state index in [4.69, 9.17) is 4.74 Å². The Balaban J connectivity index is 2.70. The van der Waals surface area contributed by atoms with Crippen LogP contribution in [0, 0.1) is 0 Å². The van der Waals surface area contributed by atoms with Gasteiger partial charge in [0.1, 0.15) is 11.5 Å². The number of nitrogens with one attached hydrogen (secondary N) is 3. The maximum atomic E-state index is 12.7. The highest BCUT2D eigenvalue weighted by Gasteiger charge is 2.15. The molecule has 0 aromatic heterocycles. The number of hydrogen-bond acceptors (Lipinski definition) is 4. The molecule has 158 valence electrons. The van der Waals surface area contributed by atoms with Gasteiger partial charge in [-0.3, -0.25) is 9.79 Å². The summed E-state index contributed by atoms with van der Waals surface area (Å²) < 4.78 is 35.5. The van der Waals surface area contributed by atoms with Crippen LogP contribution < -0.4 is 25.4 Å². The van der Waals surface area contributed by atoms with Gasteiger partial charge in [0.2, 0.25) is 5.91 Å².